The van der Waals surface area contributed by atoms with Crippen molar-refractivity contribution < 1.29 is 4.84 Å². The number of hydroxylamine groups is 1. The van der Waals surface area contributed by atoms with Crippen LogP contribution < -0.4 is 10.9 Å². The molecule has 12 heavy (non-hydrogen) atoms. The zero-order valence-corrected chi connectivity index (χ0v) is 7.71. The second-order valence-corrected chi connectivity index (χ2v) is 3.72. The lowest BCUT2D eigenvalue weighted by atomic mass is 9.95. The molecule has 4 heteroatoms. The van der Waals surface area contributed by atoms with Gasteiger partial charge in [0, 0.05) is 32.1 Å². The average Bonchev–Trinajstić information content (AvgIpc) is 2.64. The van der Waals surface area contributed by atoms with Crippen molar-refractivity contribution in [2.24, 2.45) is 5.92 Å². The molecule has 2 heterocycles. The van der Waals surface area contributed by atoms with Gasteiger partial charge in [-0.3, -0.25) is 10.3 Å². The van der Waals surface area contributed by atoms with E-state index in [1.165, 1.54) is 0 Å². The van der Waals surface area contributed by atoms with Crippen molar-refractivity contribution in [2.75, 3.05) is 20.1 Å². The van der Waals surface area contributed by atoms with E-state index in [0.717, 1.165) is 19.5 Å². The number of nitrogens with zero attached hydrogens (tertiary/aromatic N) is 1. The number of hydrogen-bond donors (Lipinski definition) is 2. The lowest BCUT2D eigenvalue weighted by Gasteiger charge is -2.22. The predicted molar refractivity (Wildman–Crippen MR) is 46.2 cm³/mol. The van der Waals surface area contributed by atoms with E-state index in [9.17, 15) is 0 Å². The highest BCUT2D eigenvalue weighted by atomic mass is 16.7. The van der Waals surface area contributed by atoms with Crippen molar-refractivity contribution in [3.63, 3.8) is 0 Å². The maximum Gasteiger partial charge on any atom is 0.0859 e. The fourth-order valence-corrected chi connectivity index (χ4v) is 2.02. The molecule has 0 radical (unpaired) electrons. The molecule has 2 fully saturated rings. The first-order valence-corrected chi connectivity index (χ1v) is 4.64. The number of rotatable bonds is 1. The van der Waals surface area contributed by atoms with Crippen LogP contribution in [-0.4, -0.2) is 37.3 Å². The van der Waals surface area contributed by atoms with Gasteiger partial charge in [-0.2, -0.15) is 0 Å². The summed E-state index contributed by atoms with van der Waals surface area (Å²) in [4.78, 5) is 5.44. The third kappa shape index (κ3) is 1.35. The van der Waals surface area contributed by atoms with E-state index in [2.05, 4.69) is 29.9 Å². The van der Waals surface area contributed by atoms with Gasteiger partial charge in [-0.25, -0.2) is 10.5 Å². The number of hydrazine groups is 1. The maximum absolute atomic E-state index is 5.44. The van der Waals surface area contributed by atoms with Crippen molar-refractivity contribution in [2.45, 2.75) is 25.5 Å². The van der Waals surface area contributed by atoms with Gasteiger partial charge >= 0.3 is 0 Å². The van der Waals surface area contributed by atoms with E-state index in [1.807, 2.05) is 0 Å². The smallest absolute Gasteiger partial charge is 0.0859 e. The minimum absolute atomic E-state index is 0.400. The van der Waals surface area contributed by atoms with Gasteiger partial charge in [0.2, 0.25) is 0 Å². The van der Waals surface area contributed by atoms with Crippen LogP contribution in [0.5, 0.6) is 0 Å². The number of nitrogens with one attached hydrogen (secondary N) is 2. The van der Waals surface area contributed by atoms with Crippen molar-refractivity contribution >= 4 is 0 Å². The van der Waals surface area contributed by atoms with Gasteiger partial charge in [0.25, 0.3) is 0 Å². The van der Waals surface area contributed by atoms with Crippen molar-refractivity contribution in [1.82, 2.24) is 15.9 Å². The van der Waals surface area contributed by atoms with Gasteiger partial charge in [-0.1, -0.05) is 0 Å². The van der Waals surface area contributed by atoms with E-state index in [1.54, 1.807) is 0 Å². The summed E-state index contributed by atoms with van der Waals surface area (Å²) in [5, 5.41) is 2.17. The number of hydrogen-bond acceptors (Lipinski definition) is 4. The molecule has 2 saturated heterocycles. The molecule has 0 aliphatic carbocycles. The molecule has 0 aromatic carbocycles. The summed E-state index contributed by atoms with van der Waals surface area (Å²) < 4.78 is 0. The zero-order valence-electron chi connectivity index (χ0n) is 7.71. The second-order valence-electron chi connectivity index (χ2n) is 3.72. The highest BCUT2D eigenvalue weighted by molar-refractivity contribution is 4.87. The molecule has 4 nitrogen and oxygen atoms in total. The third-order valence-corrected chi connectivity index (χ3v) is 3.05. The van der Waals surface area contributed by atoms with Crippen LogP contribution in [0.25, 0.3) is 0 Å². The van der Waals surface area contributed by atoms with Crippen molar-refractivity contribution in [3.8, 4) is 0 Å². The van der Waals surface area contributed by atoms with E-state index in [-0.39, 0.29) is 0 Å². The van der Waals surface area contributed by atoms with Gasteiger partial charge in [0.1, 0.15) is 0 Å². The molecule has 0 saturated carbocycles. The Morgan fingerprint density at radius 3 is 2.83 bits per heavy atom. The molecule has 3 unspecified atom stereocenters. The molecular weight excluding hydrogens is 154 g/mol. The molecule has 2 aliphatic rings. The summed E-state index contributed by atoms with van der Waals surface area (Å²) in [6.45, 7) is 4.29. The van der Waals surface area contributed by atoms with Gasteiger partial charge in [-0.05, 0) is 13.3 Å². The molecular formula is C8H17N3O. The molecule has 0 aromatic heterocycles. The summed E-state index contributed by atoms with van der Waals surface area (Å²) in [6.07, 6.45) is 1.54. The average molecular weight is 171 g/mol. The third-order valence-electron chi connectivity index (χ3n) is 3.05. The van der Waals surface area contributed by atoms with Crippen LogP contribution in [0.2, 0.25) is 0 Å². The fourth-order valence-electron chi connectivity index (χ4n) is 2.02. The Labute approximate surface area is 73.2 Å². The van der Waals surface area contributed by atoms with E-state index < -0.39 is 0 Å². The largest absolute Gasteiger partial charge is 0.298 e. The molecule has 0 amide bonds. The van der Waals surface area contributed by atoms with Gasteiger partial charge in [0.15, 0.2) is 0 Å². The summed E-state index contributed by atoms with van der Waals surface area (Å²) >= 11 is 0. The standard InChI is InChI=1S/C8H17N3O/c1-6-7(5-9-11(6)2)8-3-4-10-12-8/h6-10H,3-5H2,1-2H3. The lowest BCUT2D eigenvalue weighted by Crippen LogP contribution is -2.34. The summed E-state index contributed by atoms with van der Waals surface area (Å²) in [5.41, 5.74) is 6.26. The lowest BCUT2D eigenvalue weighted by molar-refractivity contribution is -0.00355. The van der Waals surface area contributed by atoms with E-state index >= 15 is 0 Å². The predicted octanol–water partition coefficient (Wildman–Crippen LogP) is -0.265. The molecule has 0 aromatic rings. The van der Waals surface area contributed by atoms with Gasteiger partial charge in [-0.15, -0.1) is 0 Å². The highest BCUT2D eigenvalue weighted by Crippen LogP contribution is 2.23. The Bertz CT molecular complexity index is 158. The highest BCUT2D eigenvalue weighted by Gasteiger charge is 2.36. The van der Waals surface area contributed by atoms with Gasteiger partial charge in [0.05, 0.1) is 6.10 Å². The van der Waals surface area contributed by atoms with Crippen LogP contribution in [0, 0.1) is 5.92 Å². The molecule has 0 bridgehead atoms. The minimum atomic E-state index is 0.400. The molecule has 2 aliphatic heterocycles. The minimum Gasteiger partial charge on any atom is -0.298 e. The van der Waals surface area contributed by atoms with Crippen LogP contribution >= 0.6 is 0 Å². The van der Waals surface area contributed by atoms with Gasteiger partial charge < -0.3 is 0 Å². The SMILES string of the molecule is CC1C(C2CCNO2)CNN1C. The summed E-state index contributed by atoms with van der Waals surface area (Å²) in [5.74, 6) is 0.630. The Kier molecular flexibility index (Phi) is 2.32. The normalized spacial score (nSPS) is 44.0. The molecule has 2 rings (SSSR count). The van der Waals surface area contributed by atoms with Crippen LogP contribution in [0.15, 0.2) is 0 Å². The maximum atomic E-state index is 5.44. The summed E-state index contributed by atoms with van der Waals surface area (Å²) in [7, 11) is 2.09. The second kappa shape index (κ2) is 3.30. The zero-order chi connectivity index (χ0) is 8.55. The van der Waals surface area contributed by atoms with Crippen LogP contribution in [0.4, 0.5) is 0 Å². The van der Waals surface area contributed by atoms with E-state index in [0.29, 0.717) is 18.1 Å². The fraction of sp³-hybridized carbons (Fsp3) is 1.00. The topological polar surface area (TPSA) is 36.5 Å². The first-order valence-electron chi connectivity index (χ1n) is 4.64. The van der Waals surface area contributed by atoms with Crippen molar-refractivity contribution in [3.05, 3.63) is 0 Å². The quantitative estimate of drug-likeness (QED) is 0.569. The van der Waals surface area contributed by atoms with E-state index in [4.69, 9.17) is 4.84 Å². The van der Waals surface area contributed by atoms with Crippen LogP contribution in [-0.2, 0) is 4.84 Å². The summed E-state index contributed by atoms with van der Waals surface area (Å²) in [6, 6.07) is 0.579. The first-order chi connectivity index (χ1) is 5.79. The Morgan fingerprint density at radius 2 is 2.33 bits per heavy atom. The van der Waals surface area contributed by atoms with Crippen molar-refractivity contribution in [1.29, 1.82) is 0 Å². The Hall–Kier alpha value is -0.160. The molecule has 2 N–H and O–H groups in total. The monoisotopic (exact) mass is 171 g/mol. The van der Waals surface area contributed by atoms with Crippen LogP contribution in [0.1, 0.15) is 13.3 Å². The van der Waals surface area contributed by atoms with Crippen LogP contribution in [0.3, 0.4) is 0 Å². The first kappa shape index (κ1) is 8.44. The molecule has 0 spiro atoms. The molecule has 3 atom stereocenters. The molecule has 70 valence electrons. The Morgan fingerprint density at radius 1 is 1.50 bits per heavy atom. The Balaban J connectivity index is 1.95.